The molecule has 2 heterocycles. The Morgan fingerprint density at radius 2 is 0.634 bits per heavy atom. The zero-order chi connectivity index (χ0) is 73.9. The second-order valence-corrected chi connectivity index (χ2v) is 30.6. The van der Waals surface area contributed by atoms with E-state index < -0.39 is 156 Å². The van der Waals surface area contributed by atoms with Crippen molar-refractivity contribution in [1.29, 1.82) is 0 Å². The van der Waals surface area contributed by atoms with Crippen LogP contribution >= 0.6 is 7.82 Å². The Balaban J connectivity index is 1.70. The van der Waals surface area contributed by atoms with Gasteiger partial charge in [-0.05, 0) is 19.3 Å². The first-order valence-corrected chi connectivity index (χ1v) is 41.8. The maximum atomic E-state index is 14.4. The van der Waals surface area contributed by atoms with Gasteiger partial charge in [0.05, 0.1) is 13.2 Å². The zero-order valence-electron chi connectivity index (χ0n) is 62.5. The van der Waals surface area contributed by atoms with Crippen LogP contribution in [-0.2, 0) is 61.2 Å². The standard InChI is InChI=1S/C76H143O24P/c1-4-7-10-13-16-19-22-25-28-31-33-36-39-42-45-48-51-61(79)93-56-59-64(82)66(84)71(89)76(97-59)99-73-69(87)67(85)68(86)72(98-75-70(88)65(83)63(81)58(53-77)96-75)74(73)100-101(90,91)94-55-57(95-62(80)52-49-46-43-40-37-34-30-27-24-21-18-15-12-9-6-3)54-92-60(78)50-47-44-41-38-35-32-29-26-23-20-17-14-11-8-5-2/h57-59,63-77,81-89H,4-56H2,1-3H3,(H,90,91). The molecule has 0 radical (unpaired) electrons. The Kier molecular flexibility index (Phi) is 53.5. The molecule has 0 bridgehead atoms. The number of carbonyl (C=O) groups excluding carboxylic acids is 3. The first-order valence-electron chi connectivity index (χ1n) is 40.3. The molecule has 3 fully saturated rings. The van der Waals surface area contributed by atoms with E-state index >= 15 is 0 Å². The number of phosphoric ester groups is 1. The van der Waals surface area contributed by atoms with E-state index in [4.69, 9.17) is 42.2 Å². The lowest BCUT2D eigenvalue weighted by Gasteiger charge is -2.49. The summed E-state index contributed by atoms with van der Waals surface area (Å²) in [6, 6.07) is 0. The summed E-state index contributed by atoms with van der Waals surface area (Å²) < 4.78 is 65.2. The topological polar surface area (TPSA) is 374 Å². The molecular weight excluding hydrogens is 1330 g/mol. The van der Waals surface area contributed by atoms with Crippen molar-refractivity contribution in [2.24, 2.45) is 0 Å². The summed E-state index contributed by atoms with van der Waals surface area (Å²) in [7, 11) is -5.69. The van der Waals surface area contributed by atoms with Gasteiger partial charge in [-0.2, -0.15) is 0 Å². The highest BCUT2D eigenvalue weighted by Gasteiger charge is 2.58. The number of aliphatic hydroxyl groups is 10. The van der Waals surface area contributed by atoms with Crippen LogP contribution in [0.25, 0.3) is 0 Å². The smallest absolute Gasteiger partial charge is 0.463 e. The molecule has 2 saturated heterocycles. The van der Waals surface area contributed by atoms with Crippen LogP contribution in [0.1, 0.15) is 335 Å². The second-order valence-electron chi connectivity index (χ2n) is 29.2. The molecule has 24 nitrogen and oxygen atoms in total. The van der Waals surface area contributed by atoms with E-state index in [1.807, 2.05) is 0 Å². The maximum absolute atomic E-state index is 14.4. The average Bonchev–Trinajstić information content (AvgIpc) is 0.762. The van der Waals surface area contributed by atoms with E-state index in [0.717, 1.165) is 89.9 Å². The van der Waals surface area contributed by atoms with E-state index in [-0.39, 0.29) is 19.3 Å². The van der Waals surface area contributed by atoms with Crippen LogP contribution in [0, 0.1) is 0 Å². The van der Waals surface area contributed by atoms with Crippen LogP contribution in [0.15, 0.2) is 0 Å². The minimum Gasteiger partial charge on any atom is -0.463 e. The molecule has 596 valence electrons. The number of rotatable bonds is 64. The molecule has 1 aliphatic carbocycles. The summed E-state index contributed by atoms with van der Waals surface area (Å²) in [5.41, 5.74) is 0. The molecule has 1 saturated carbocycles. The monoisotopic (exact) mass is 1470 g/mol. The van der Waals surface area contributed by atoms with Gasteiger partial charge in [0.15, 0.2) is 18.7 Å². The van der Waals surface area contributed by atoms with Crippen molar-refractivity contribution in [2.75, 3.05) is 26.4 Å². The summed E-state index contributed by atoms with van der Waals surface area (Å²) in [6.07, 6.45) is 17.1. The largest absolute Gasteiger partial charge is 0.472 e. The van der Waals surface area contributed by atoms with Gasteiger partial charge in [-0.1, -0.05) is 297 Å². The third-order valence-corrected chi connectivity index (χ3v) is 21.1. The van der Waals surface area contributed by atoms with Crippen molar-refractivity contribution in [2.45, 2.75) is 440 Å². The fraction of sp³-hybridized carbons (Fsp3) is 0.961. The second kappa shape index (κ2) is 58.0. The van der Waals surface area contributed by atoms with Gasteiger partial charge in [0.2, 0.25) is 0 Å². The van der Waals surface area contributed by atoms with Crippen molar-refractivity contribution in [3.05, 3.63) is 0 Å². The molecule has 0 aromatic rings. The molecule has 18 unspecified atom stereocenters. The van der Waals surface area contributed by atoms with E-state index in [0.29, 0.717) is 19.3 Å². The summed E-state index contributed by atoms with van der Waals surface area (Å²) in [5.74, 6) is -1.97. The Morgan fingerprint density at radius 3 is 0.970 bits per heavy atom. The molecule has 2 aliphatic heterocycles. The van der Waals surface area contributed by atoms with Crippen molar-refractivity contribution >= 4 is 25.7 Å². The minimum absolute atomic E-state index is 0.0328. The average molecular weight is 1470 g/mol. The minimum atomic E-state index is -5.69. The highest BCUT2D eigenvalue weighted by Crippen LogP contribution is 2.49. The first-order chi connectivity index (χ1) is 48.8. The lowest BCUT2D eigenvalue weighted by molar-refractivity contribution is -0.360. The number of phosphoric acid groups is 1. The fourth-order valence-electron chi connectivity index (χ4n) is 13.6. The summed E-state index contributed by atoms with van der Waals surface area (Å²) >= 11 is 0. The molecule has 25 heteroatoms. The Hall–Kier alpha value is -2.04. The third kappa shape index (κ3) is 40.7. The Labute approximate surface area is 606 Å². The summed E-state index contributed by atoms with van der Waals surface area (Å²) in [6.45, 7) is 3.51. The van der Waals surface area contributed by atoms with Gasteiger partial charge in [-0.25, -0.2) is 4.57 Å². The number of aliphatic hydroxyl groups excluding tert-OH is 10. The summed E-state index contributed by atoms with van der Waals surface area (Å²) in [5, 5.41) is 110. The molecule has 3 rings (SSSR count). The van der Waals surface area contributed by atoms with Gasteiger partial charge < -0.3 is 89.1 Å². The molecule has 0 aromatic carbocycles. The van der Waals surface area contributed by atoms with E-state index in [1.165, 1.54) is 186 Å². The predicted octanol–water partition coefficient (Wildman–Crippen LogP) is 12.1. The SMILES string of the molecule is CCCCCCCCCCCCCCCCCCC(=O)OCC1OC(OC2C(O)C(O)C(O)C(OC3OC(CO)C(O)C(O)C3O)C2OP(=O)(O)OCC(COC(=O)CCCCCCCCCCCCCCCCC)OC(=O)CCCCCCCCCCCCCCCCC)C(O)C(O)C1O. The molecule has 11 N–H and O–H groups in total. The van der Waals surface area contributed by atoms with Gasteiger partial charge in [0.1, 0.15) is 98.7 Å². The van der Waals surface area contributed by atoms with Crippen molar-refractivity contribution in [3.63, 3.8) is 0 Å². The Bertz CT molecular complexity index is 2080. The molecule has 0 aromatic heterocycles. The van der Waals surface area contributed by atoms with E-state index in [9.17, 15) is 74.9 Å². The van der Waals surface area contributed by atoms with Crippen LogP contribution in [0.5, 0.6) is 0 Å². The predicted molar refractivity (Wildman–Crippen MR) is 384 cm³/mol. The van der Waals surface area contributed by atoms with E-state index in [2.05, 4.69) is 20.8 Å². The summed E-state index contributed by atoms with van der Waals surface area (Å²) in [4.78, 5) is 51.1. The van der Waals surface area contributed by atoms with Crippen LogP contribution in [0.3, 0.4) is 0 Å². The highest BCUT2D eigenvalue weighted by molar-refractivity contribution is 7.47. The van der Waals surface area contributed by atoms with Gasteiger partial charge in [0.25, 0.3) is 0 Å². The van der Waals surface area contributed by atoms with Gasteiger partial charge in [-0.15, -0.1) is 0 Å². The van der Waals surface area contributed by atoms with Crippen molar-refractivity contribution in [3.8, 4) is 0 Å². The number of hydrogen-bond donors (Lipinski definition) is 11. The first kappa shape index (κ1) is 93.2. The number of unbranched alkanes of at least 4 members (excludes halogenated alkanes) is 43. The lowest BCUT2D eigenvalue weighted by atomic mass is 9.84. The van der Waals surface area contributed by atoms with Crippen molar-refractivity contribution in [1.82, 2.24) is 0 Å². The molecule has 18 atom stereocenters. The molecule has 0 spiro atoms. The normalized spacial score (nSPS) is 27.1. The molecule has 0 amide bonds. The lowest BCUT2D eigenvalue weighted by Crippen LogP contribution is -2.69. The van der Waals surface area contributed by atoms with Gasteiger partial charge in [-0.3, -0.25) is 23.4 Å². The van der Waals surface area contributed by atoms with Gasteiger partial charge in [0, 0.05) is 19.3 Å². The number of ether oxygens (including phenoxy) is 7. The highest BCUT2D eigenvalue weighted by atomic mass is 31.2. The quantitative estimate of drug-likeness (QED) is 0.0117. The molecule has 101 heavy (non-hydrogen) atoms. The number of esters is 3. The van der Waals surface area contributed by atoms with Gasteiger partial charge >= 0.3 is 25.7 Å². The number of hydrogen-bond acceptors (Lipinski definition) is 23. The molecular formula is C76H143O24P. The van der Waals surface area contributed by atoms with Crippen molar-refractivity contribution < 1.29 is 117 Å². The fourth-order valence-corrected chi connectivity index (χ4v) is 14.5. The third-order valence-electron chi connectivity index (χ3n) is 20.1. The van der Waals surface area contributed by atoms with Crippen LogP contribution in [0.2, 0.25) is 0 Å². The van der Waals surface area contributed by atoms with E-state index in [1.54, 1.807) is 0 Å². The van der Waals surface area contributed by atoms with Crippen LogP contribution in [-0.4, -0.2) is 204 Å². The molecule has 3 aliphatic rings. The Morgan fingerprint density at radius 1 is 0.347 bits per heavy atom. The van der Waals surface area contributed by atoms with Crippen LogP contribution in [0.4, 0.5) is 0 Å². The van der Waals surface area contributed by atoms with Crippen LogP contribution < -0.4 is 0 Å². The maximum Gasteiger partial charge on any atom is 0.472 e. The zero-order valence-corrected chi connectivity index (χ0v) is 63.4. The number of carbonyl (C=O) groups is 3.